The van der Waals surface area contributed by atoms with Gasteiger partial charge < -0.3 is 10.0 Å². The van der Waals surface area contributed by atoms with Crippen LogP contribution >= 0.6 is 0 Å². The fourth-order valence-corrected chi connectivity index (χ4v) is 2.29. The van der Waals surface area contributed by atoms with Gasteiger partial charge in [0.05, 0.1) is 0 Å². The first-order valence-electron chi connectivity index (χ1n) is 6.13. The normalized spacial score (nSPS) is 21.0. The quantitative estimate of drug-likeness (QED) is 0.852. The second kappa shape index (κ2) is 5.30. The summed E-state index contributed by atoms with van der Waals surface area (Å²) in [4.78, 5) is 23.5. The van der Waals surface area contributed by atoms with E-state index in [1.807, 2.05) is 4.90 Å². The number of piperazine rings is 1. The van der Waals surface area contributed by atoms with Gasteiger partial charge in [-0.3, -0.25) is 4.90 Å². The number of aromatic nitrogens is 2. The van der Waals surface area contributed by atoms with Crippen molar-refractivity contribution in [3.63, 3.8) is 0 Å². The van der Waals surface area contributed by atoms with Gasteiger partial charge in [0.1, 0.15) is 0 Å². The van der Waals surface area contributed by atoms with E-state index in [-0.39, 0.29) is 5.69 Å². The second-order valence-electron chi connectivity index (χ2n) is 4.52. The summed E-state index contributed by atoms with van der Waals surface area (Å²) in [6.07, 6.45) is 4.00. The average molecular weight is 250 g/mol. The van der Waals surface area contributed by atoms with Gasteiger partial charge in [-0.1, -0.05) is 6.92 Å². The molecule has 0 aliphatic carbocycles. The smallest absolute Gasteiger partial charge is 0.358 e. The summed E-state index contributed by atoms with van der Waals surface area (Å²) in [6.45, 7) is 4.63. The van der Waals surface area contributed by atoms with Gasteiger partial charge in [-0.05, 0) is 13.5 Å². The molecule has 6 heteroatoms. The molecule has 1 aromatic rings. The van der Waals surface area contributed by atoms with E-state index in [1.165, 1.54) is 6.20 Å². The zero-order valence-electron chi connectivity index (χ0n) is 10.7. The molecule has 0 saturated carbocycles. The van der Waals surface area contributed by atoms with E-state index in [0.29, 0.717) is 11.9 Å². The van der Waals surface area contributed by atoms with Gasteiger partial charge in [-0.15, -0.1) is 0 Å². The van der Waals surface area contributed by atoms with E-state index < -0.39 is 5.97 Å². The number of aromatic carboxylic acids is 1. The number of carbonyl (C=O) groups is 1. The number of likely N-dealkylation sites (N-methyl/N-ethyl adjacent to an activating group) is 1. The monoisotopic (exact) mass is 250 g/mol. The van der Waals surface area contributed by atoms with Gasteiger partial charge in [-0.2, -0.15) is 0 Å². The van der Waals surface area contributed by atoms with Gasteiger partial charge in [-0.25, -0.2) is 14.8 Å². The molecule has 0 bridgehead atoms. The minimum Gasteiger partial charge on any atom is -0.476 e. The summed E-state index contributed by atoms with van der Waals surface area (Å²) >= 11 is 0. The highest BCUT2D eigenvalue weighted by molar-refractivity contribution is 5.90. The van der Waals surface area contributed by atoms with Crippen LogP contribution in [0.3, 0.4) is 0 Å². The van der Waals surface area contributed by atoms with Crippen molar-refractivity contribution in [2.45, 2.75) is 19.4 Å². The molecule has 2 heterocycles. The van der Waals surface area contributed by atoms with Crippen molar-refractivity contribution in [1.29, 1.82) is 0 Å². The first-order chi connectivity index (χ1) is 8.63. The summed E-state index contributed by atoms with van der Waals surface area (Å²) in [5.41, 5.74) is 0.0388. The number of carboxylic acids is 1. The lowest BCUT2D eigenvalue weighted by molar-refractivity contribution is 0.0690. The maximum Gasteiger partial charge on any atom is 0.358 e. The molecule has 1 unspecified atom stereocenters. The standard InChI is InChI=1S/C12H18N4O2/c1-3-9-8-16(7-6-15(9)2)11-10(12(17)18)13-4-5-14-11/h4-5,9H,3,6-8H2,1-2H3,(H,17,18). The largest absolute Gasteiger partial charge is 0.476 e. The second-order valence-corrected chi connectivity index (χ2v) is 4.52. The Morgan fingerprint density at radius 3 is 2.83 bits per heavy atom. The highest BCUT2D eigenvalue weighted by Gasteiger charge is 2.27. The average Bonchev–Trinajstić information content (AvgIpc) is 2.39. The van der Waals surface area contributed by atoms with Gasteiger partial charge in [0, 0.05) is 38.1 Å². The minimum atomic E-state index is -1.02. The van der Waals surface area contributed by atoms with Crippen LogP contribution in [0.4, 0.5) is 5.82 Å². The first-order valence-corrected chi connectivity index (χ1v) is 6.13. The predicted octanol–water partition coefficient (Wildman–Crippen LogP) is 0.705. The molecular formula is C12H18N4O2. The highest BCUT2D eigenvalue weighted by atomic mass is 16.4. The molecule has 1 saturated heterocycles. The number of carboxylic acid groups (broad SMARTS) is 1. The van der Waals surface area contributed by atoms with Crippen LogP contribution in [0.5, 0.6) is 0 Å². The van der Waals surface area contributed by atoms with E-state index in [4.69, 9.17) is 5.11 Å². The molecule has 1 aliphatic heterocycles. The highest BCUT2D eigenvalue weighted by Crippen LogP contribution is 2.20. The Labute approximate surface area is 106 Å². The maximum absolute atomic E-state index is 11.1. The Balaban J connectivity index is 2.24. The third-order valence-electron chi connectivity index (χ3n) is 3.43. The molecule has 18 heavy (non-hydrogen) atoms. The fourth-order valence-electron chi connectivity index (χ4n) is 2.29. The van der Waals surface area contributed by atoms with Crippen LogP contribution in [0, 0.1) is 0 Å². The molecule has 2 rings (SSSR count). The van der Waals surface area contributed by atoms with Gasteiger partial charge >= 0.3 is 5.97 Å². The van der Waals surface area contributed by atoms with Crippen LogP contribution in [0.15, 0.2) is 12.4 Å². The fraction of sp³-hybridized carbons (Fsp3) is 0.583. The van der Waals surface area contributed by atoms with Crippen molar-refractivity contribution in [3.05, 3.63) is 18.1 Å². The van der Waals surface area contributed by atoms with Crippen LogP contribution in [0.25, 0.3) is 0 Å². The number of anilines is 1. The molecule has 98 valence electrons. The van der Waals surface area contributed by atoms with Crippen LogP contribution in [0.1, 0.15) is 23.8 Å². The molecule has 1 N–H and O–H groups in total. The van der Waals surface area contributed by atoms with Gasteiger partial charge in [0.2, 0.25) is 0 Å². The molecule has 1 fully saturated rings. The molecule has 1 aliphatic rings. The lowest BCUT2D eigenvalue weighted by Gasteiger charge is -2.39. The Morgan fingerprint density at radius 1 is 1.44 bits per heavy atom. The summed E-state index contributed by atoms with van der Waals surface area (Å²) in [6, 6.07) is 0.433. The SMILES string of the molecule is CCC1CN(c2nccnc2C(=O)O)CCN1C. The Bertz CT molecular complexity index is 438. The first kappa shape index (κ1) is 12.8. The number of hydrogen-bond acceptors (Lipinski definition) is 5. The van der Waals surface area contributed by atoms with Crippen LogP contribution in [-0.4, -0.2) is 58.7 Å². The number of nitrogens with zero attached hydrogens (tertiary/aromatic N) is 4. The van der Waals surface area contributed by atoms with E-state index in [0.717, 1.165) is 26.1 Å². The van der Waals surface area contributed by atoms with Gasteiger partial charge in [0.15, 0.2) is 11.5 Å². The Kier molecular flexibility index (Phi) is 3.76. The third kappa shape index (κ3) is 2.43. The van der Waals surface area contributed by atoms with Crippen molar-refractivity contribution in [2.24, 2.45) is 0 Å². The van der Waals surface area contributed by atoms with Crippen molar-refractivity contribution in [3.8, 4) is 0 Å². The van der Waals surface area contributed by atoms with Crippen molar-refractivity contribution in [2.75, 3.05) is 31.6 Å². The molecule has 6 nitrogen and oxygen atoms in total. The Morgan fingerprint density at radius 2 is 2.17 bits per heavy atom. The van der Waals surface area contributed by atoms with E-state index in [9.17, 15) is 4.79 Å². The molecule has 0 amide bonds. The van der Waals surface area contributed by atoms with Crippen LogP contribution < -0.4 is 4.90 Å². The molecule has 0 radical (unpaired) electrons. The lowest BCUT2D eigenvalue weighted by atomic mass is 10.1. The predicted molar refractivity (Wildman–Crippen MR) is 67.9 cm³/mol. The van der Waals surface area contributed by atoms with E-state index in [1.54, 1.807) is 6.20 Å². The van der Waals surface area contributed by atoms with E-state index >= 15 is 0 Å². The molecule has 1 atom stereocenters. The molecule has 1 aromatic heterocycles. The van der Waals surface area contributed by atoms with Crippen LogP contribution in [0.2, 0.25) is 0 Å². The number of rotatable bonds is 3. The topological polar surface area (TPSA) is 69.6 Å². The molecule has 0 aromatic carbocycles. The summed E-state index contributed by atoms with van der Waals surface area (Å²) in [7, 11) is 2.10. The summed E-state index contributed by atoms with van der Waals surface area (Å²) in [5, 5.41) is 9.13. The van der Waals surface area contributed by atoms with E-state index in [2.05, 4.69) is 28.8 Å². The number of hydrogen-bond donors (Lipinski definition) is 1. The summed E-state index contributed by atoms with van der Waals surface area (Å²) < 4.78 is 0. The Hall–Kier alpha value is -1.69. The van der Waals surface area contributed by atoms with Crippen molar-refractivity contribution in [1.82, 2.24) is 14.9 Å². The maximum atomic E-state index is 11.1. The van der Waals surface area contributed by atoms with Gasteiger partial charge in [0.25, 0.3) is 0 Å². The zero-order valence-corrected chi connectivity index (χ0v) is 10.7. The summed E-state index contributed by atoms with van der Waals surface area (Å²) in [5.74, 6) is -0.540. The minimum absolute atomic E-state index is 0.0388. The zero-order chi connectivity index (χ0) is 13.1. The van der Waals surface area contributed by atoms with Crippen molar-refractivity contribution >= 4 is 11.8 Å². The van der Waals surface area contributed by atoms with Crippen molar-refractivity contribution < 1.29 is 9.90 Å². The lowest BCUT2D eigenvalue weighted by Crippen LogP contribution is -2.51. The third-order valence-corrected chi connectivity index (χ3v) is 3.43. The molecular weight excluding hydrogens is 232 g/mol. The van der Waals surface area contributed by atoms with Crippen LogP contribution in [-0.2, 0) is 0 Å². The molecule has 0 spiro atoms.